The second kappa shape index (κ2) is 3.43. The molecule has 68 valence electrons. The first-order valence-electron chi connectivity index (χ1n) is 4.39. The van der Waals surface area contributed by atoms with Crippen LogP contribution in [-0.4, -0.2) is 14.1 Å². The predicted octanol–water partition coefficient (Wildman–Crippen LogP) is 0.498. The molecule has 2 heterocycles. The van der Waals surface area contributed by atoms with Gasteiger partial charge in [-0.1, -0.05) is 0 Å². The highest BCUT2D eigenvalue weighted by Gasteiger charge is 2.00. The van der Waals surface area contributed by atoms with E-state index in [1.165, 1.54) is 0 Å². The maximum Gasteiger partial charge on any atom is 0.245 e. The van der Waals surface area contributed by atoms with Crippen molar-refractivity contribution in [2.24, 2.45) is 0 Å². The summed E-state index contributed by atoms with van der Waals surface area (Å²) in [6, 6.07) is 0. The summed E-state index contributed by atoms with van der Waals surface area (Å²) in [5.41, 5.74) is 0. The first-order chi connectivity index (χ1) is 6.38. The molecule has 0 saturated heterocycles. The lowest BCUT2D eigenvalue weighted by atomic mass is 10.7. The topological polar surface area (TPSA) is 26.6 Å². The molecule has 13 heavy (non-hydrogen) atoms. The Kier molecular flexibility index (Phi) is 2.12. The molecule has 0 bridgehead atoms. The fourth-order valence-electron chi connectivity index (χ4n) is 1.27. The molecule has 4 heteroatoms. The molecule has 0 unspecified atom stereocenters. The lowest BCUT2D eigenvalue weighted by molar-refractivity contribution is -0.701. The summed E-state index contributed by atoms with van der Waals surface area (Å²) in [5.74, 6) is 0. The van der Waals surface area contributed by atoms with Crippen LogP contribution < -0.4 is 4.57 Å². The van der Waals surface area contributed by atoms with Gasteiger partial charge >= 0.3 is 0 Å². The van der Waals surface area contributed by atoms with Gasteiger partial charge in [0.2, 0.25) is 6.33 Å². The summed E-state index contributed by atoms with van der Waals surface area (Å²) < 4.78 is 6.28. The summed E-state index contributed by atoms with van der Waals surface area (Å²) in [5, 5.41) is 0. The predicted molar refractivity (Wildman–Crippen MR) is 47.9 cm³/mol. The fourth-order valence-corrected chi connectivity index (χ4v) is 1.27. The first kappa shape index (κ1) is 8.04. The Morgan fingerprint density at radius 2 is 2.23 bits per heavy atom. The van der Waals surface area contributed by atoms with Gasteiger partial charge in [0, 0.05) is 12.4 Å². The van der Waals surface area contributed by atoms with Gasteiger partial charge in [0.25, 0.3) is 0 Å². The lowest BCUT2D eigenvalue weighted by Gasteiger charge is -1.95. The summed E-state index contributed by atoms with van der Waals surface area (Å²) in [6.45, 7) is 3.96. The standard InChI is InChI=1S/C9H13N4/c1-2-11-5-6-13(8-11)9-12-4-3-10-7-12/h3-8H,2,9H2,1H3/q+1. The molecule has 0 aliphatic carbocycles. The minimum absolute atomic E-state index is 0.826. The Bertz CT molecular complexity index is 361. The van der Waals surface area contributed by atoms with Crippen molar-refractivity contribution >= 4 is 0 Å². The van der Waals surface area contributed by atoms with Crippen molar-refractivity contribution in [2.75, 3.05) is 0 Å². The average Bonchev–Trinajstić information content (AvgIpc) is 2.76. The van der Waals surface area contributed by atoms with Crippen molar-refractivity contribution < 1.29 is 4.57 Å². The molecule has 0 aliphatic heterocycles. The Balaban J connectivity index is 2.10. The third-order valence-corrected chi connectivity index (χ3v) is 2.00. The highest BCUT2D eigenvalue weighted by Crippen LogP contribution is 1.86. The van der Waals surface area contributed by atoms with Gasteiger partial charge in [0.05, 0.1) is 12.9 Å². The number of aryl methyl sites for hydroxylation is 1. The monoisotopic (exact) mass is 177 g/mol. The maximum atomic E-state index is 3.99. The molecule has 0 aromatic carbocycles. The van der Waals surface area contributed by atoms with Gasteiger partial charge in [-0.15, -0.1) is 0 Å². The largest absolute Gasteiger partial charge is 0.300 e. The van der Waals surface area contributed by atoms with E-state index in [2.05, 4.69) is 39.8 Å². The molecule has 0 atom stereocenters. The van der Waals surface area contributed by atoms with Crippen molar-refractivity contribution in [1.29, 1.82) is 0 Å². The summed E-state index contributed by atoms with van der Waals surface area (Å²) in [7, 11) is 0. The molecule has 2 rings (SSSR count). The summed E-state index contributed by atoms with van der Waals surface area (Å²) in [6.07, 6.45) is 11.8. The molecule has 2 aromatic rings. The van der Waals surface area contributed by atoms with Crippen molar-refractivity contribution in [3.8, 4) is 0 Å². The second-order valence-electron chi connectivity index (χ2n) is 2.98. The quantitative estimate of drug-likeness (QED) is 0.627. The Labute approximate surface area is 77.1 Å². The van der Waals surface area contributed by atoms with Gasteiger partial charge in [-0.2, -0.15) is 0 Å². The zero-order valence-corrected chi connectivity index (χ0v) is 7.67. The van der Waals surface area contributed by atoms with Gasteiger partial charge in [0.15, 0.2) is 6.67 Å². The van der Waals surface area contributed by atoms with E-state index >= 15 is 0 Å². The van der Waals surface area contributed by atoms with E-state index < -0.39 is 0 Å². The average molecular weight is 177 g/mol. The normalized spacial score (nSPS) is 10.5. The van der Waals surface area contributed by atoms with Gasteiger partial charge in [-0.3, -0.25) is 0 Å². The molecule has 0 spiro atoms. The van der Waals surface area contributed by atoms with E-state index in [1.54, 1.807) is 6.20 Å². The van der Waals surface area contributed by atoms with Crippen LogP contribution in [0.25, 0.3) is 0 Å². The molecule has 2 aromatic heterocycles. The highest BCUT2D eigenvalue weighted by atomic mass is 15.2. The van der Waals surface area contributed by atoms with E-state index in [1.807, 2.05) is 17.1 Å². The molecule has 0 amide bonds. The number of aromatic nitrogens is 4. The second-order valence-corrected chi connectivity index (χ2v) is 2.98. The highest BCUT2D eigenvalue weighted by molar-refractivity contribution is 4.72. The smallest absolute Gasteiger partial charge is 0.245 e. The summed E-state index contributed by atoms with van der Waals surface area (Å²) >= 11 is 0. The van der Waals surface area contributed by atoms with E-state index in [4.69, 9.17) is 0 Å². The van der Waals surface area contributed by atoms with Crippen LogP contribution in [0, 0.1) is 0 Å². The molecule has 0 N–H and O–H groups in total. The molecular weight excluding hydrogens is 164 g/mol. The van der Waals surface area contributed by atoms with E-state index in [9.17, 15) is 0 Å². The minimum Gasteiger partial charge on any atom is -0.300 e. The number of rotatable bonds is 3. The van der Waals surface area contributed by atoms with Crippen LogP contribution in [0.2, 0.25) is 0 Å². The maximum absolute atomic E-state index is 3.99. The lowest BCUT2D eigenvalue weighted by Crippen LogP contribution is -2.34. The van der Waals surface area contributed by atoms with E-state index in [-0.39, 0.29) is 0 Å². The molecular formula is C9H13N4+. The SMILES string of the molecule is CCn1cc[n+](Cn2ccnc2)c1. The zero-order valence-electron chi connectivity index (χ0n) is 7.67. The molecule has 0 fully saturated rings. The van der Waals surface area contributed by atoms with Gasteiger partial charge in [-0.05, 0) is 6.92 Å². The van der Waals surface area contributed by atoms with E-state index in [0.717, 1.165) is 13.2 Å². The Morgan fingerprint density at radius 3 is 2.85 bits per heavy atom. The number of nitrogens with zero attached hydrogens (tertiary/aromatic N) is 4. The van der Waals surface area contributed by atoms with Crippen LogP contribution in [0.5, 0.6) is 0 Å². The van der Waals surface area contributed by atoms with Crippen LogP contribution in [0.4, 0.5) is 0 Å². The van der Waals surface area contributed by atoms with Crippen LogP contribution in [0.3, 0.4) is 0 Å². The Morgan fingerprint density at radius 1 is 1.31 bits per heavy atom. The zero-order chi connectivity index (χ0) is 9.10. The van der Waals surface area contributed by atoms with Crippen molar-refractivity contribution in [2.45, 2.75) is 20.1 Å². The summed E-state index contributed by atoms with van der Waals surface area (Å²) in [4.78, 5) is 3.99. The number of hydrogen-bond acceptors (Lipinski definition) is 1. The van der Waals surface area contributed by atoms with Crippen LogP contribution in [-0.2, 0) is 13.2 Å². The van der Waals surface area contributed by atoms with Gasteiger partial charge in [0.1, 0.15) is 12.4 Å². The van der Waals surface area contributed by atoms with Crippen molar-refractivity contribution in [1.82, 2.24) is 14.1 Å². The van der Waals surface area contributed by atoms with Crippen LogP contribution >= 0.6 is 0 Å². The first-order valence-corrected chi connectivity index (χ1v) is 4.39. The third kappa shape index (κ3) is 1.77. The van der Waals surface area contributed by atoms with Crippen molar-refractivity contribution in [3.05, 3.63) is 37.4 Å². The van der Waals surface area contributed by atoms with E-state index in [0.29, 0.717) is 0 Å². The minimum atomic E-state index is 0.826. The van der Waals surface area contributed by atoms with Crippen LogP contribution in [0.15, 0.2) is 37.4 Å². The molecule has 4 nitrogen and oxygen atoms in total. The number of hydrogen-bond donors (Lipinski definition) is 0. The third-order valence-electron chi connectivity index (χ3n) is 2.00. The number of imidazole rings is 2. The van der Waals surface area contributed by atoms with Crippen molar-refractivity contribution in [3.63, 3.8) is 0 Å². The van der Waals surface area contributed by atoms with Crippen LogP contribution in [0.1, 0.15) is 6.92 Å². The van der Waals surface area contributed by atoms with Gasteiger partial charge < -0.3 is 4.57 Å². The van der Waals surface area contributed by atoms with Gasteiger partial charge in [-0.25, -0.2) is 14.1 Å². The Hall–Kier alpha value is -1.58. The fraction of sp³-hybridized carbons (Fsp3) is 0.333. The molecule has 0 aliphatic rings. The molecule has 0 radical (unpaired) electrons. The molecule has 0 saturated carbocycles.